The van der Waals surface area contributed by atoms with Crippen molar-refractivity contribution in [3.05, 3.63) is 170 Å². The second kappa shape index (κ2) is 11.0. The third-order valence-corrected chi connectivity index (χ3v) is 8.13. The number of pyridine rings is 1. The molecule has 0 atom stereocenters. The van der Waals surface area contributed by atoms with Crippen LogP contribution in [-0.2, 0) is 0 Å². The first-order valence-electron chi connectivity index (χ1n) is 14.8. The molecule has 0 aliphatic rings. The highest BCUT2D eigenvalue weighted by Crippen LogP contribution is 2.40. The van der Waals surface area contributed by atoms with Crippen LogP contribution in [0.2, 0.25) is 0 Å². The van der Waals surface area contributed by atoms with E-state index in [1.165, 1.54) is 27.8 Å². The Morgan fingerprint density at radius 2 is 0.932 bits per heavy atom. The minimum atomic E-state index is 0.791. The summed E-state index contributed by atoms with van der Waals surface area (Å²) >= 11 is 0. The largest absolute Gasteiger partial charge is 0.454 e. The van der Waals surface area contributed by atoms with Crippen LogP contribution < -0.4 is 4.90 Å². The Hall–Kier alpha value is -5.93. The maximum Gasteiger partial charge on any atom is 0.153 e. The van der Waals surface area contributed by atoms with Gasteiger partial charge in [0.05, 0.1) is 0 Å². The molecular formula is C41H28N2O. The summed E-state index contributed by atoms with van der Waals surface area (Å²) < 4.78 is 6.10. The van der Waals surface area contributed by atoms with Crippen LogP contribution in [0.5, 0.6) is 0 Å². The van der Waals surface area contributed by atoms with E-state index in [-0.39, 0.29) is 0 Å². The van der Waals surface area contributed by atoms with Crippen LogP contribution in [-0.4, -0.2) is 4.98 Å². The standard InChI is InChI=1S/C41H28N2O/c1-3-9-29(10-4-1)31-16-18-33(19-17-31)34-13-7-14-36(27-34)43(35-22-20-32(21-23-35)30-11-5-2-6-12-30)37-24-25-39-38(28-37)41-40(44-39)15-8-26-42-41/h1-28H. The van der Waals surface area contributed by atoms with Gasteiger partial charge in [-0.15, -0.1) is 0 Å². The fourth-order valence-electron chi connectivity index (χ4n) is 5.92. The van der Waals surface area contributed by atoms with Gasteiger partial charge in [0.2, 0.25) is 0 Å². The molecule has 0 saturated carbocycles. The first kappa shape index (κ1) is 25.8. The predicted molar refractivity (Wildman–Crippen MR) is 183 cm³/mol. The molecule has 0 saturated heterocycles. The molecule has 2 heterocycles. The van der Waals surface area contributed by atoms with Gasteiger partial charge in [0.1, 0.15) is 11.1 Å². The van der Waals surface area contributed by atoms with Crippen molar-refractivity contribution in [2.24, 2.45) is 0 Å². The van der Waals surface area contributed by atoms with E-state index < -0.39 is 0 Å². The number of hydrogen-bond donors (Lipinski definition) is 0. The summed E-state index contributed by atoms with van der Waals surface area (Å²) in [6.45, 7) is 0. The molecule has 0 bridgehead atoms. The van der Waals surface area contributed by atoms with E-state index >= 15 is 0 Å². The van der Waals surface area contributed by atoms with Gasteiger partial charge in [-0.05, 0) is 88.0 Å². The van der Waals surface area contributed by atoms with E-state index in [2.05, 4.69) is 143 Å². The number of rotatable bonds is 6. The number of hydrogen-bond acceptors (Lipinski definition) is 3. The second-order valence-corrected chi connectivity index (χ2v) is 10.9. The molecule has 2 aromatic heterocycles. The van der Waals surface area contributed by atoms with E-state index in [4.69, 9.17) is 4.42 Å². The lowest BCUT2D eigenvalue weighted by atomic mass is 9.99. The molecule has 0 aliphatic carbocycles. The maximum atomic E-state index is 6.10. The van der Waals surface area contributed by atoms with Gasteiger partial charge < -0.3 is 9.32 Å². The van der Waals surface area contributed by atoms with Gasteiger partial charge in [-0.25, -0.2) is 0 Å². The molecule has 8 rings (SSSR count). The molecular weight excluding hydrogens is 536 g/mol. The zero-order valence-corrected chi connectivity index (χ0v) is 24.0. The first-order valence-corrected chi connectivity index (χ1v) is 14.8. The molecule has 3 heteroatoms. The van der Waals surface area contributed by atoms with Gasteiger partial charge in [-0.3, -0.25) is 4.98 Å². The van der Waals surface area contributed by atoms with Crippen molar-refractivity contribution in [2.45, 2.75) is 0 Å². The number of furan rings is 1. The number of fused-ring (bicyclic) bond motifs is 3. The smallest absolute Gasteiger partial charge is 0.153 e. The van der Waals surface area contributed by atoms with Crippen LogP contribution in [0.25, 0.3) is 55.4 Å². The molecule has 0 aliphatic heterocycles. The average molecular weight is 565 g/mol. The van der Waals surface area contributed by atoms with Crippen molar-refractivity contribution in [2.75, 3.05) is 4.90 Å². The lowest BCUT2D eigenvalue weighted by Crippen LogP contribution is -2.10. The molecule has 0 fully saturated rings. The molecule has 0 spiro atoms. The van der Waals surface area contributed by atoms with Crippen molar-refractivity contribution in [3.8, 4) is 33.4 Å². The van der Waals surface area contributed by atoms with Crippen LogP contribution in [0.3, 0.4) is 0 Å². The minimum Gasteiger partial charge on any atom is -0.454 e. The Bertz CT molecular complexity index is 2200. The summed E-state index contributed by atoms with van der Waals surface area (Å²) in [7, 11) is 0. The van der Waals surface area contributed by atoms with Crippen molar-refractivity contribution in [1.82, 2.24) is 4.98 Å². The fraction of sp³-hybridized carbons (Fsp3) is 0. The first-order chi connectivity index (χ1) is 21.8. The average Bonchev–Trinajstić information content (AvgIpc) is 3.48. The van der Waals surface area contributed by atoms with Crippen LogP contribution in [0.4, 0.5) is 17.1 Å². The Kier molecular flexibility index (Phi) is 6.47. The van der Waals surface area contributed by atoms with Crippen LogP contribution in [0, 0.1) is 0 Å². The van der Waals surface area contributed by atoms with Crippen molar-refractivity contribution >= 4 is 39.1 Å². The minimum absolute atomic E-state index is 0.791. The van der Waals surface area contributed by atoms with Crippen molar-refractivity contribution in [3.63, 3.8) is 0 Å². The van der Waals surface area contributed by atoms with Gasteiger partial charge in [0.15, 0.2) is 5.58 Å². The predicted octanol–water partition coefficient (Wildman–Crippen LogP) is 11.5. The second-order valence-electron chi connectivity index (χ2n) is 10.9. The van der Waals surface area contributed by atoms with Gasteiger partial charge in [0, 0.05) is 28.6 Å². The molecule has 208 valence electrons. The Labute approximate surface area is 256 Å². The van der Waals surface area contributed by atoms with Crippen LogP contribution in [0.15, 0.2) is 174 Å². The van der Waals surface area contributed by atoms with Crippen LogP contribution in [0.1, 0.15) is 0 Å². The van der Waals surface area contributed by atoms with Gasteiger partial charge in [-0.1, -0.05) is 109 Å². The van der Waals surface area contributed by atoms with Gasteiger partial charge in [0.25, 0.3) is 0 Å². The number of benzene rings is 6. The number of nitrogens with zero attached hydrogens (tertiary/aromatic N) is 2. The van der Waals surface area contributed by atoms with E-state index in [0.29, 0.717) is 0 Å². The lowest BCUT2D eigenvalue weighted by molar-refractivity contribution is 0.668. The highest BCUT2D eigenvalue weighted by atomic mass is 16.3. The fourth-order valence-corrected chi connectivity index (χ4v) is 5.92. The third kappa shape index (κ3) is 4.81. The Balaban J connectivity index is 1.23. The Morgan fingerprint density at radius 3 is 1.61 bits per heavy atom. The monoisotopic (exact) mass is 564 g/mol. The topological polar surface area (TPSA) is 29.3 Å². The van der Waals surface area contributed by atoms with E-state index in [9.17, 15) is 0 Å². The van der Waals surface area contributed by atoms with Gasteiger partial charge in [-0.2, -0.15) is 0 Å². The number of anilines is 3. The SMILES string of the molecule is c1ccc(-c2ccc(-c3cccc(N(c4ccc(-c5ccccc5)cc4)c4ccc5oc6cccnc6c5c4)c3)cc2)cc1. The lowest BCUT2D eigenvalue weighted by Gasteiger charge is -2.26. The molecule has 6 aromatic carbocycles. The summed E-state index contributed by atoms with van der Waals surface area (Å²) in [4.78, 5) is 6.93. The maximum absolute atomic E-state index is 6.10. The third-order valence-electron chi connectivity index (χ3n) is 8.13. The van der Waals surface area contributed by atoms with Crippen molar-refractivity contribution < 1.29 is 4.42 Å². The zero-order valence-electron chi connectivity index (χ0n) is 24.0. The van der Waals surface area contributed by atoms with E-state index in [1.807, 2.05) is 36.5 Å². The zero-order chi connectivity index (χ0) is 29.3. The summed E-state index contributed by atoms with van der Waals surface area (Å²) in [6.07, 6.45) is 1.82. The van der Waals surface area contributed by atoms with E-state index in [0.717, 1.165) is 44.7 Å². The molecule has 0 N–H and O–H groups in total. The molecule has 0 radical (unpaired) electrons. The van der Waals surface area contributed by atoms with Crippen LogP contribution >= 0.6 is 0 Å². The summed E-state index contributed by atoms with van der Waals surface area (Å²) in [5.74, 6) is 0. The highest BCUT2D eigenvalue weighted by Gasteiger charge is 2.17. The quantitative estimate of drug-likeness (QED) is 0.201. The molecule has 0 unspecified atom stereocenters. The summed E-state index contributed by atoms with van der Waals surface area (Å²) in [6, 6.07) is 57.5. The summed E-state index contributed by atoms with van der Waals surface area (Å²) in [5.41, 5.74) is 12.8. The summed E-state index contributed by atoms with van der Waals surface area (Å²) in [5, 5.41) is 0.997. The molecule has 8 aromatic rings. The Morgan fingerprint density at radius 1 is 0.386 bits per heavy atom. The van der Waals surface area contributed by atoms with Crippen molar-refractivity contribution in [1.29, 1.82) is 0 Å². The molecule has 44 heavy (non-hydrogen) atoms. The molecule has 0 amide bonds. The molecule has 3 nitrogen and oxygen atoms in total. The normalized spacial score (nSPS) is 11.2. The van der Waals surface area contributed by atoms with Gasteiger partial charge >= 0.3 is 0 Å². The number of aromatic nitrogens is 1. The van der Waals surface area contributed by atoms with E-state index in [1.54, 1.807) is 0 Å². The highest BCUT2D eigenvalue weighted by molar-refractivity contribution is 6.04.